The van der Waals surface area contributed by atoms with E-state index in [-0.39, 0.29) is 6.42 Å². The molecule has 7 rings (SSSR count). The van der Waals surface area contributed by atoms with E-state index >= 15 is 0 Å². The molecule has 9 nitrogen and oxygen atoms in total. The lowest BCUT2D eigenvalue weighted by molar-refractivity contribution is -0.112. The summed E-state index contributed by atoms with van der Waals surface area (Å²) in [5.41, 5.74) is 3.91. The number of nitrogens with one attached hydrogen (secondary N) is 2. The van der Waals surface area contributed by atoms with Gasteiger partial charge in [-0.15, -0.1) is 0 Å². The molecule has 0 unspecified atom stereocenters. The van der Waals surface area contributed by atoms with Crippen molar-refractivity contribution in [2.45, 2.75) is 31.7 Å². The lowest BCUT2D eigenvalue weighted by atomic mass is 10.0. The summed E-state index contributed by atoms with van der Waals surface area (Å²) in [4.78, 5) is 23.8. The molecule has 0 aliphatic carbocycles. The first-order valence-electron chi connectivity index (χ1n) is 16.5. The largest absolute Gasteiger partial charge is 0.379 e. The van der Waals surface area contributed by atoms with Crippen LogP contribution in [0.4, 0.5) is 26.0 Å². The van der Waals surface area contributed by atoms with Gasteiger partial charge in [-0.25, -0.2) is 18.7 Å². The molecule has 1 amide bonds. The average molecular weight is 662 g/mol. The molecule has 1 fully saturated rings. The first kappa shape index (κ1) is 32.3. The van der Waals surface area contributed by atoms with Crippen LogP contribution in [-0.4, -0.2) is 69.3 Å². The van der Waals surface area contributed by atoms with Crippen molar-refractivity contribution in [1.82, 2.24) is 24.6 Å². The number of morpholine rings is 1. The number of allylic oxidation sites excluding steroid dienone is 1. The maximum absolute atomic E-state index is 14.5. The molecule has 49 heavy (non-hydrogen) atoms. The number of alkyl halides is 2. The van der Waals surface area contributed by atoms with Crippen molar-refractivity contribution in [3.8, 4) is 0 Å². The minimum absolute atomic E-state index is 0.308. The van der Waals surface area contributed by atoms with E-state index in [4.69, 9.17) is 9.84 Å². The second-order valence-electron chi connectivity index (χ2n) is 12.3. The SMILES string of the molecule is O=C(C=CC(F)(F)CCCCN1CCOCC1)Nc1ccc2ncnc(Nc3cc4nn(Cc5ccccc5)cc4c4ccccc34)c2c1. The Kier molecular flexibility index (Phi) is 9.54. The van der Waals surface area contributed by atoms with Crippen molar-refractivity contribution in [3.63, 3.8) is 0 Å². The van der Waals surface area contributed by atoms with Gasteiger partial charge in [0.05, 0.1) is 30.8 Å². The van der Waals surface area contributed by atoms with Crippen LogP contribution in [0.2, 0.25) is 0 Å². The zero-order chi connectivity index (χ0) is 33.6. The Bertz CT molecular complexity index is 2110. The lowest BCUT2D eigenvalue weighted by Crippen LogP contribution is -2.36. The van der Waals surface area contributed by atoms with Crippen molar-refractivity contribution in [2.75, 3.05) is 43.5 Å². The normalized spacial score (nSPS) is 14.2. The van der Waals surface area contributed by atoms with Gasteiger partial charge in [-0.3, -0.25) is 14.4 Å². The van der Waals surface area contributed by atoms with Gasteiger partial charge in [-0.2, -0.15) is 5.10 Å². The molecule has 1 aliphatic rings. The number of fused-ring (bicyclic) bond motifs is 4. The number of hydrogen-bond donors (Lipinski definition) is 2. The van der Waals surface area contributed by atoms with Gasteiger partial charge in [-0.1, -0.05) is 54.6 Å². The van der Waals surface area contributed by atoms with Gasteiger partial charge in [0.25, 0.3) is 5.92 Å². The molecule has 2 N–H and O–H groups in total. The standard InChI is InChI=1S/C38H37F2N7O2/c39-38(40,15-6-7-17-46-18-20-49-21-19-46)16-14-36(48)43-28-12-13-33-31(22-28)37(42-26-41-33)44-34-23-35-32(29-10-4-5-11-30(29)34)25-47(45-35)24-27-8-2-1-3-9-27/h1-5,8-14,16,22-23,25-26H,6-7,15,17-21,24H2,(H,43,48)(H,41,42,44). The van der Waals surface area contributed by atoms with Gasteiger partial charge in [0.1, 0.15) is 12.1 Å². The third-order valence-corrected chi connectivity index (χ3v) is 8.74. The number of benzene rings is 4. The van der Waals surface area contributed by atoms with E-state index in [2.05, 4.69) is 49.9 Å². The van der Waals surface area contributed by atoms with Gasteiger partial charge in [0, 0.05) is 59.3 Å². The Morgan fingerprint density at radius 3 is 2.51 bits per heavy atom. The minimum Gasteiger partial charge on any atom is -0.379 e. The molecule has 11 heteroatoms. The van der Waals surface area contributed by atoms with Crippen LogP contribution in [0.15, 0.2) is 104 Å². The molecule has 0 spiro atoms. The third-order valence-electron chi connectivity index (χ3n) is 8.74. The van der Waals surface area contributed by atoms with Gasteiger partial charge in [-0.05, 0) is 60.7 Å². The van der Waals surface area contributed by atoms with Gasteiger partial charge in [0.2, 0.25) is 5.91 Å². The highest BCUT2D eigenvalue weighted by Gasteiger charge is 2.25. The van der Waals surface area contributed by atoms with Gasteiger partial charge < -0.3 is 15.4 Å². The van der Waals surface area contributed by atoms with E-state index in [9.17, 15) is 13.6 Å². The van der Waals surface area contributed by atoms with E-state index < -0.39 is 11.8 Å². The molecule has 1 saturated heterocycles. The number of nitrogens with zero attached hydrogens (tertiary/aromatic N) is 5. The summed E-state index contributed by atoms with van der Waals surface area (Å²) in [5, 5.41) is 14.8. The molecule has 0 atom stereocenters. The van der Waals surface area contributed by atoms with Crippen molar-refractivity contribution in [2.24, 2.45) is 0 Å². The molecule has 1 aliphatic heterocycles. The van der Waals surface area contributed by atoms with Crippen LogP contribution in [-0.2, 0) is 16.1 Å². The number of unbranched alkanes of at least 4 members (excludes halogenated alkanes) is 1. The smallest absolute Gasteiger partial charge is 0.266 e. The molecular formula is C38H37F2N7O2. The summed E-state index contributed by atoms with van der Waals surface area (Å²) in [6, 6.07) is 25.5. The fraction of sp³-hybridized carbons (Fsp3) is 0.263. The lowest BCUT2D eigenvalue weighted by Gasteiger charge is -2.26. The number of halogens is 2. The molecule has 6 aromatic rings. The topological polar surface area (TPSA) is 97.2 Å². The van der Waals surface area contributed by atoms with Crippen molar-refractivity contribution in [3.05, 3.63) is 109 Å². The Balaban J connectivity index is 1.06. The van der Waals surface area contributed by atoms with Crippen molar-refractivity contribution < 1.29 is 18.3 Å². The highest BCUT2D eigenvalue weighted by molar-refractivity contribution is 6.13. The third kappa shape index (κ3) is 7.90. The summed E-state index contributed by atoms with van der Waals surface area (Å²) >= 11 is 0. The zero-order valence-electron chi connectivity index (χ0n) is 27.0. The van der Waals surface area contributed by atoms with Gasteiger partial charge >= 0.3 is 0 Å². The van der Waals surface area contributed by atoms with E-state index in [0.29, 0.717) is 61.1 Å². The van der Waals surface area contributed by atoms with Crippen LogP contribution in [0.1, 0.15) is 24.8 Å². The van der Waals surface area contributed by atoms with Crippen molar-refractivity contribution >= 4 is 55.7 Å². The Hall–Kier alpha value is -5.26. The number of carbonyl (C=O) groups is 1. The van der Waals surface area contributed by atoms with Gasteiger partial charge in [0.15, 0.2) is 0 Å². The number of anilines is 3. The maximum atomic E-state index is 14.5. The van der Waals surface area contributed by atoms with Crippen LogP contribution >= 0.6 is 0 Å². The summed E-state index contributed by atoms with van der Waals surface area (Å²) in [5.74, 6) is -3.17. The molecule has 3 heterocycles. The number of aromatic nitrogens is 4. The molecule has 0 saturated carbocycles. The van der Waals surface area contributed by atoms with Crippen LogP contribution in [0, 0.1) is 0 Å². The maximum Gasteiger partial charge on any atom is 0.266 e. The molecule has 0 radical (unpaired) electrons. The Labute approximate surface area is 282 Å². The first-order valence-corrected chi connectivity index (χ1v) is 16.5. The zero-order valence-corrected chi connectivity index (χ0v) is 27.0. The predicted molar refractivity (Wildman–Crippen MR) is 189 cm³/mol. The Morgan fingerprint density at radius 2 is 1.67 bits per heavy atom. The average Bonchev–Trinajstić information content (AvgIpc) is 3.53. The van der Waals surface area contributed by atoms with E-state index in [1.54, 1.807) is 18.2 Å². The van der Waals surface area contributed by atoms with E-state index in [0.717, 1.165) is 58.6 Å². The summed E-state index contributed by atoms with van der Waals surface area (Å²) in [6.45, 7) is 4.47. The predicted octanol–water partition coefficient (Wildman–Crippen LogP) is 7.56. The number of rotatable bonds is 12. The second kappa shape index (κ2) is 14.5. The van der Waals surface area contributed by atoms with E-state index in [1.165, 1.54) is 6.33 Å². The molecule has 4 aromatic carbocycles. The van der Waals surface area contributed by atoms with Crippen LogP contribution in [0.3, 0.4) is 0 Å². The summed E-state index contributed by atoms with van der Waals surface area (Å²) in [7, 11) is 0. The number of ether oxygens (including phenoxy) is 1. The number of carbonyl (C=O) groups excluding carboxylic acids is 1. The number of hydrogen-bond acceptors (Lipinski definition) is 7. The fourth-order valence-corrected chi connectivity index (χ4v) is 6.22. The quantitative estimate of drug-likeness (QED) is 0.103. The summed E-state index contributed by atoms with van der Waals surface area (Å²) < 4.78 is 36.3. The fourth-order valence-electron chi connectivity index (χ4n) is 6.22. The number of amides is 1. The van der Waals surface area contributed by atoms with Crippen LogP contribution < -0.4 is 10.6 Å². The minimum atomic E-state index is -3.07. The second-order valence-corrected chi connectivity index (χ2v) is 12.3. The highest BCUT2D eigenvalue weighted by atomic mass is 19.3. The van der Waals surface area contributed by atoms with Crippen molar-refractivity contribution in [1.29, 1.82) is 0 Å². The molecular weight excluding hydrogens is 624 g/mol. The monoisotopic (exact) mass is 661 g/mol. The van der Waals surface area contributed by atoms with Crippen LogP contribution in [0.25, 0.3) is 32.6 Å². The highest BCUT2D eigenvalue weighted by Crippen LogP contribution is 2.35. The molecule has 250 valence electrons. The van der Waals surface area contributed by atoms with E-state index in [1.807, 2.05) is 47.1 Å². The first-order chi connectivity index (χ1) is 23.9. The van der Waals surface area contributed by atoms with Crippen LogP contribution in [0.5, 0.6) is 0 Å². The Morgan fingerprint density at radius 1 is 0.878 bits per heavy atom. The molecule has 2 aromatic heterocycles. The molecule has 0 bridgehead atoms. The summed E-state index contributed by atoms with van der Waals surface area (Å²) in [6.07, 6.45) is 5.88.